The van der Waals surface area contributed by atoms with E-state index in [-0.39, 0.29) is 35.8 Å². The van der Waals surface area contributed by atoms with Crippen molar-refractivity contribution in [2.75, 3.05) is 46.9 Å². The first-order chi connectivity index (χ1) is 20.9. The van der Waals surface area contributed by atoms with Crippen LogP contribution in [0.2, 0.25) is 0 Å². The van der Waals surface area contributed by atoms with Gasteiger partial charge in [-0.25, -0.2) is 14.6 Å². The van der Waals surface area contributed by atoms with Crippen molar-refractivity contribution in [1.29, 1.82) is 0 Å². The van der Waals surface area contributed by atoms with Gasteiger partial charge in [-0.05, 0) is 76.5 Å². The van der Waals surface area contributed by atoms with E-state index in [0.29, 0.717) is 44.5 Å². The molecule has 3 fully saturated rings. The fourth-order valence-electron chi connectivity index (χ4n) is 5.09. The highest BCUT2D eigenvalue weighted by Gasteiger charge is 2.37. The van der Waals surface area contributed by atoms with Crippen molar-refractivity contribution < 1.29 is 47.5 Å². The van der Waals surface area contributed by atoms with Gasteiger partial charge in [-0.2, -0.15) is 0 Å². The molecule has 0 unspecified atom stereocenters. The summed E-state index contributed by atoms with van der Waals surface area (Å²) < 4.78 is 39.2. The Kier molecular flexibility index (Phi) is 12.8. The smallest absolute Gasteiger partial charge is 0.334 e. The number of amides is 1. The lowest BCUT2D eigenvalue weighted by atomic mass is 9.89. The first-order valence-corrected chi connectivity index (χ1v) is 15.5. The van der Waals surface area contributed by atoms with Crippen molar-refractivity contribution in [1.82, 2.24) is 10.3 Å². The summed E-state index contributed by atoms with van der Waals surface area (Å²) in [6.45, 7) is 5.40. The Morgan fingerprint density at radius 2 is 1.84 bits per heavy atom. The van der Waals surface area contributed by atoms with E-state index in [1.807, 2.05) is 6.92 Å². The van der Waals surface area contributed by atoms with Crippen molar-refractivity contribution in [2.45, 2.75) is 83.5 Å². The number of hydrogen-bond donors (Lipinski definition) is 1. The number of carbonyl (C=O) groups is 3. The number of rotatable bonds is 17. The molecule has 0 spiro atoms. The molecule has 1 saturated heterocycles. The van der Waals surface area contributed by atoms with Gasteiger partial charge < -0.3 is 38.5 Å². The molecule has 4 rings (SSSR count). The van der Waals surface area contributed by atoms with Crippen molar-refractivity contribution in [3.63, 3.8) is 0 Å². The van der Waals surface area contributed by atoms with Crippen LogP contribution < -0.4 is 14.8 Å². The number of carbonyl (C=O) groups excluding carboxylic acids is 3. The number of aromatic nitrogens is 1. The normalized spacial score (nSPS) is 24.2. The van der Waals surface area contributed by atoms with Crippen LogP contribution in [0.15, 0.2) is 12.3 Å². The number of hydrogen-bond acceptors (Lipinski definition) is 11. The maximum Gasteiger partial charge on any atom is 0.334 e. The standard InChI is InChI=1S/C31H46N2O10/c1-4-38-18-26(34)41-19-42-29-25(37-3)12-14-32-27(29)30(35)33-24-7-5-6-23(13-15-39-16-21-8-9-21)28(20(2)43-31(24)36)40-17-22-10-11-22/h12,14,20-24,28H,4-11,13,15-19H2,1-3H3,(H,33,35)/t20-,23+,24-,28-/m0/s1. The summed E-state index contributed by atoms with van der Waals surface area (Å²) in [7, 11) is 1.41. The molecule has 240 valence electrons. The Morgan fingerprint density at radius 1 is 1.07 bits per heavy atom. The Bertz CT molecular complexity index is 1060. The summed E-state index contributed by atoms with van der Waals surface area (Å²) in [5.41, 5.74) is -0.114. The fourth-order valence-corrected chi connectivity index (χ4v) is 5.09. The monoisotopic (exact) mass is 606 g/mol. The molecular weight excluding hydrogens is 560 g/mol. The van der Waals surface area contributed by atoms with E-state index in [0.717, 1.165) is 19.4 Å². The summed E-state index contributed by atoms with van der Waals surface area (Å²) in [5, 5.41) is 2.78. The molecule has 1 aliphatic heterocycles. The van der Waals surface area contributed by atoms with E-state index in [9.17, 15) is 14.4 Å². The van der Waals surface area contributed by atoms with Gasteiger partial charge in [-0.1, -0.05) is 6.42 Å². The summed E-state index contributed by atoms with van der Waals surface area (Å²) >= 11 is 0. The van der Waals surface area contributed by atoms with Crippen LogP contribution in [0.3, 0.4) is 0 Å². The van der Waals surface area contributed by atoms with Crippen LogP contribution in [-0.2, 0) is 33.3 Å². The van der Waals surface area contributed by atoms with Crippen LogP contribution in [0.4, 0.5) is 0 Å². The fraction of sp³-hybridized carbons (Fsp3) is 0.742. The molecule has 12 nitrogen and oxygen atoms in total. The third kappa shape index (κ3) is 10.6. The summed E-state index contributed by atoms with van der Waals surface area (Å²) in [6, 6.07) is 0.620. The van der Waals surface area contributed by atoms with Crippen LogP contribution >= 0.6 is 0 Å². The van der Waals surface area contributed by atoms with Gasteiger partial charge in [0.1, 0.15) is 18.8 Å². The average molecular weight is 607 g/mol. The minimum Gasteiger partial charge on any atom is -0.493 e. The third-order valence-corrected chi connectivity index (χ3v) is 7.94. The van der Waals surface area contributed by atoms with E-state index in [4.69, 9.17) is 33.2 Å². The van der Waals surface area contributed by atoms with Gasteiger partial charge in [0.05, 0.1) is 13.2 Å². The second-order valence-electron chi connectivity index (χ2n) is 11.5. The zero-order chi connectivity index (χ0) is 30.6. The van der Waals surface area contributed by atoms with Crippen molar-refractivity contribution in [3.05, 3.63) is 18.0 Å². The largest absolute Gasteiger partial charge is 0.493 e. The topological polar surface area (TPSA) is 141 Å². The van der Waals surface area contributed by atoms with Crippen LogP contribution in [0.1, 0.15) is 75.7 Å². The lowest BCUT2D eigenvalue weighted by Crippen LogP contribution is -2.44. The zero-order valence-corrected chi connectivity index (χ0v) is 25.5. The lowest BCUT2D eigenvalue weighted by molar-refractivity contribution is -0.161. The second-order valence-corrected chi connectivity index (χ2v) is 11.5. The van der Waals surface area contributed by atoms with Crippen molar-refractivity contribution in [2.24, 2.45) is 17.8 Å². The molecular formula is C31H46N2O10. The number of pyridine rings is 1. The van der Waals surface area contributed by atoms with E-state index < -0.39 is 36.8 Å². The van der Waals surface area contributed by atoms with Gasteiger partial charge in [0.25, 0.3) is 5.91 Å². The van der Waals surface area contributed by atoms with Gasteiger partial charge in [0.15, 0.2) is 17.2 Å². The Labute approximate surface area is 253 Å². The summed E-state index contributed by atoms with van der Waals surface area (Å²) in [6.07, 6.45) is 8.21. The number of esters is 2. The molecule has 1 amide bonds. The van der Waals surface area contributed by atoms with Gasteiger partial charge in [0, 0.05) is 38.7 Å². The molecule has 3 aliphatic rings. The summed E-state index contributed by atoms with van der Waals surface area (Å²) in [5.74, 6) is -0.144. The highest BCUT2D eigenvalue weighted by molar-refractivity contribution is 5.98. The van der Waals surface area contributed by atoms with Gasteiger partial charge in [-0.15, -0.1) is 0 Å². The highest BCUT2D eigenvalue weighted by atomic mass is 16.7. The first-order valence-electron chi connectivity index (χ1n) is 15.5. The molecule has 2 aliphatic carbocycles. The maximum absolute atomic E-state index is 13.4. The summed E-state index contributed by atoms with van der Waals surface area (Å²) in [4.78, 5) is 42.7. The van der Waals surface area contributed by atoms with Crippen LogP contribution in [-0.4, -0.2) is 88.0 Å². The van der Waals surface area contributed by atoms with E-state index in [2.05, 4.69) is 10.3 Å². The molecule has 2 heterocycles. The minimum absolute atomic E-state index is 0.0173. The molecule has 0 aromatic carbocycles. The number of nitrogens with one attached hydrogen (secondary N) is 1. The number of ether oxygens (including phenoxy) is 7. The van der Waals surface area contributed by atoms with Crippen molar-refractivity contribution in [3.8, 4) is 11.5 Å². The average Bonchev–Trinajstić information content (AvgIpc) is 3.93. The number of cyclic esters (lactones) is 1. The predicted octanol–water partition coefficient (Wildman–Crippen LogP) is 3.45. The molecule has 43 heavy (non-hydrogen) atoms. The van der Waals surface area contributed by atoms with E-state index in [1.54, 1.807) is 6.92 Å². The molecule has 1 aromatic rings. The molecule has 4 atom stereocenters. The minimum atomic E-state index is -0.895. The lowest BCUT2D eigenvalue weighted by Gasteiger charge is -2.31. The van der Waals surface area contributed by atoms with E-state index >= 15 is 0 Å². The zero-order valence-electron chi connectivity index (χ0n) is 25.5. The number of nitrogens with zero attached hydrogens (tertiary/aromatic N) is 1. The van der Waals surface area contributed by atoms with Crippen LogP contribution in [0.5, 0.6) is 11.5 Å². The Morgan fingerprint density at radius 3 is 2.56 bits per heavy atom. The molecule has 12 heteroatoms. The third-order valence-electron chi connectivity index (χ3n) is 7.94. The number of methoxy groups -OCH3 is 1. The Balaban J connectivity index is 1.39. The molecule has 1 N–H and O–H groups in total. The second kappa shape index (κ2) is 16.8. The molecule has 1 aromatic heterocycles. The van der Waals surface area contributed by atoms with Crippen LogP contribution in [0.25, 0.3) is 0 Å². The van der Waals surface area contributed by atoms with Gasteiger partial charge in [-0.3, -0.25) is 4.79 Å². The highest BCUT2D eigenvalue weighted by Crippen LogP contribution is 2.34. The van der Waals surface area contributed by atoms with Crippen molar-refractivity contribution >= 4 is 17.8 Å². The first kappa shape index (κ1) is 32.9. The van der Waals surface area contributed by atoms with Gasteiger partial charge >= 0.3 is 11.9 Å². The molecule has 0 bridgehead atoms. The van der Waals surface area contributed by atoms with E-state index in [1.165, 1.54) is 45.1 Å². The SMILES string of the molecule is CCOCC(=O)OCOc1c(OC)ccnc1C(=O)N[C@H]1CCC[C@H](CCOCC2CC2)[C@@H](OCC2CC2)[C@H](C)OC1=O. The molecule has 2 saturated carbocycles. The molecule has 0 radical (unpaired) electrons. The predicted molar refractivity (Wildman–Crippen MR) is 154 cm³/mol. The maximum atomic E-state index is 13.4. The quantitative estimate of drug-likeness (QED) is 0.158. The van der Waals surface area contributed by atoms with Crippen LogP contribution in [0, 0.1) is 17.8 Å². The van der Waals surface area contributed by atoms with Gasteiger partial charge in [0.2, 0.25) is 6.79 Å². The Hall–Kier alpha value is -2.96.